The number of ether oxygens (including phenoxy) is 1. The number of benzene rings is 2. The van der Waals surface area contributed by atoms with Crippen molar-refractivity contribution in [3.63, 3.8) is 0 Å². The standard InChI is InChI=1S/C23H25N5O2S2/c1-4-30-20-9-6-5-8-19(20)25-22-26-27-23(32-22)31-15-21(29)28(13-7-12-24)18-11-10-16(2)17(3)14-18/h5-6,8-11,14H,4,7,13,15H2,1-3H3,(H,25,26). The minimum atomic E-state index is -0.0695. The molecule has 3 rings (SSSR count). The van der Waals surface area contributed by atoms with Crippen molar-refractivity contribution in [1.82, 2.24) is 10.2 Å². The van der Waals surface area contributed by atoms with Gasteiger partial charge in [0.1, 0.15) is 5.75 Å². The largest absolute Gasteiger partial charge is 0.492 e. The summed E-state index contributed by atoms with van der Waals surface area (Å²) in [4.78, 5) is 14.6. The lowest BCUT2D eigenvalue weighted by Crippen LogP contribution is -2.33. The topological polar surface area (TPSA) is 91.1 Å². The quantitative estimate of drug-likeness (QED) is 0.403. The third kappa shape index (κ3) is 6.22. The number of carbonyl (C=O) groups is 1. The zero-order chi connectivity index (χ0) is 22.9. The molecule has 0 saturated carbocycles. The second-order valence-electron chi connectivity index (χ2n) is 6.94. The Morgan fingerprint density at radius 1 is 1.22 bits per heavy atom. The molecule has 0 saturated heterocycles. The first-order valence-corrected chi connectivity index (χ1v) is 12.0. The zero-order valence-electron chi connectivity index (χ0n) is 18.3. The van der Waals surface area contributed by atoms with Gasteiger partial charge in [0.05, 0.1) is 30.5 Å². The van der Waals surface area contributed by atoms with Crippen molar-refractivity contribution in [3.8, 4) is 11.8 Å². The number of anilines is 3. The van der Waals surface area contributed by atoms with Gasteiger partial charge in [-0.05, 0) is 56.2 Å². The van der Waals surface area contributed by atoms with Crippen molar-refractivity contribution < 1.29 is 9.53 Å². The Morgan fingerprint density at radius 3 is 2.78 bits per heavy atom. The van der Waals surface area contributed by atoms with E-state index >= 15 is 0 Å². The summed E-state index contributed by atoms with van der Waals surface area (Å²) >= 11 is 2.71. The molecule has 0 radical (unpaired) electrons. The van der Waals surface area contributed by atoms with Crippen LogP contribution in [0.2, 0.25) is 0 Å². The number of nitrogens with one attached hydrogen (secondary N) is 1. The molecular formula is C23H25N5O2S2. The summed E-state index contributed by atoms with van der Waals surface area (Å²) in [6.45, 7) is 6.91. The monoisotopic (exact) mass is 467 g/mol. The predicted octanol–water partition coefficient (Wildman–Crippen LogP) is 5.34. The van der Waals surface area contributed by atoms with Crippen molar-refractivity contribution in [3.05, 3.63) is 53.6 Å². The first-order chi connectivity index (χ1) is 15.5. The minimum Gasteiger partial charge on any atom is -0.492 e. The number of nitrogens with zero attached hydrogens (tertiary/aromatic N) is 4. The van der Waals surface area contributed by atoms with Crippen molar-refractivity contribution in [2.24, 2.45) is 0 Å². The van der Waals surface area contributed by atoms with E-state index in [4.69, 9.17) is 10.00 Å². The fourth-order valence-electron chi connectivity index (χ4n) is 2.94. The molecule has 32 heavy (non-hydrogen) atoms. The van der Waals surface area contributed by atoms with Gasteiger partial charge >= 0.3 is 0 Å². The highest BCUT2D eigenvalue weighted by Crippen LogP contribution is 2.32. The van der Waals surface area contributed by atoms with Gasteiger partial charge < -0.3 is 15.0 Å². The number of para-hydroxylation sites is 2. The lowest BCUT2D eigenvalue weighted by atomic mass is 10.1. The van der Waals surface area contributed by atoms with E-state index in [-0.39, 0.29) is 18.1 Å². The molecule has 0 spiro atoms. The summed E-state index contributed by atoms with van der Waals surface area (Å²) in [6, 6.07) is 15.7. The first kappa shape index (κ1) is 23.6. The Morgan fingerprint density at radius 2 is 2.03 bits per heavy atom. The maximum atomic E-state index is 13.0. The number of rotatable bonds is 10. The second-order valence-corrected chi connectivity index (χ2v) is 9.14. The van der Waals surface area contributed by atoms with E-state index in [2.05, 4.69) is 21.6 Å². The number of carbonyl (C=O) groups excluding carboxylic acids is 1. The molecule has 1 amide bonds. The molecule has 3 aromatic rings. The van der Waals surface area contributed by atoms with Crippen molar-refractivity contribution in [2.45, 2.75) is 31.5 Å². The summed E-state index contributed by atoms with van der Waals surface area (Å²) in [5, 5.41) is 21.2. The predicted molar refractivity (Wildman–Crippen MR) is 130 cm³/mol. The molecular weight excluding hydrogens is 442 g/mol. The van der Waals surface area contributed by atoms with E-state index in [0.29, 0.717) is 22.6 Å². The molecule has 1 heterocycles. The minimum absolute atomic E-state index is 0.0695. The fraction of sp³-hybridized carbons (Fsp3) is 0.304. The van der Waals surface area contributed by atoms with Gasteiger partial charge in [-0.15, -0.1) is 10.2 Å². The number of amides is 1. The van der Waals surface area contributed by atoms with Gasteiger partial charge in [0.2, 0.25) is 11.0 Å². The van der Waals surface area contributed by atoms with Crippen LogP contribution >= 0.6 is 23.1 Å². The Balaban J connectivity index is 1.65. The van der Waals surface area contributed by atoms with Crippen LogP contribution < -0.4 is 15.0 Å². The van der Waals surface area contributed by atoms with Gasteiger partial charge in [-0.2, -0.15) is 5.26 Å². The third-order valence-corrected chi connectivity index (χ3v) is 6.66. The zero-order valence-corrected chi connectivity index (χ0v) is 19.9. The van der Waals surface area contributed by atoms with Crippen LogP contribution in [0.15, 0.2) is 46.8 Å². The van der Waals surface area contributed by atoms with Crippen molar-refractivity contribution in [1.29, 1.82) is 5.26 Å². The summed E-state index contributed by atoms with van der Waals surface area (Å²) in [7, 11) is 0. The van der Waals surface area contributed by atoms with Gasteiger partial charge in [-0.1, -0.05) is 41.3 Å². The van der Waals surface area contributed by atoms with Crippen LogP contribution in [0.5, 0.6) is 5.75 Å². The Hall–Kier alpha value is -3.09. The molecule has 9 heteroatoms. The van der Waals surface area contributed by atoms with Crippen LogP contribution in [0.25, 0.3) is 0 Å². The maximum Gasteiger partial charge on any atom is 0.237 e. The fourth-order valence-corrected chi connectivity index (χ4v) is 4.58. The molecule has 0 fully saturated rings. The average molecular weight is 468 g/mol. The van der Waals surface area contributed by atoms with Crippen LogP contribution in [0.3, 0.4) is 0 Å². The van der Waals surface area contributed by atoms with Gasteiger partial charge in [-0.25, -0.2) is 0 Å². The van der Waals surface area contributed by atoms with Crippen LogP contribution in [0, 0.1) is 25.2 Å². The van der Waals surface area contributed by atoms with Crippen LogP contribution in [-0.2, 0) is 4.79 Å². The molecule has 1 N–H and O–H groups in total. The van der Waals surface area contributed by atoms with Crippen LogP contribution in [0.1, 0.15) is 24.5 Å². The van der Waals surface area contributed by atoms with E-state index in [0.717, 1.165) is 28.3 Å². The van der Waals surface area contributed by atoms with E-state index in [1.807, 2.05) is 63.2 Å². The Kier molecular flexibility index (Phi) is 8.48. The van der Waals surface area contributed by atoms with E-state index < -0.39 is 0 Å². The molecule has 0 aliphatic rings. The molecule has 0 aliphatic carbocycles. The van der Waals surface area contributed by atoms with Crippen LogP contribution in [0.4, 0.5) is 16.5 Å². The Bertz CT molecular complexity index is 1110. The van der Waals surface area contributed by atoms with Gasteiger partial charge in [0.25, 0.3) is 0 Å². The molecule has 7 nitrogen and oxygen atoms in total. The SMILES string of the molecule is CCOc1ccccc1Nc1nnc(SCC(=O)N(CCC#N)c2ccc(C)c(C)c2)s1. The lowest BCUT2D eigenvalue weighted by Gasteiger charge is -2.22. The smallest absolute Gasteiger partial charge is 0.237 e. The highest BCUT2D eigenvalue weighted by Gasteiger charge is 2.18. The molecule has 0 aliphatic heterocycles. The number of nitriles is 1. The summed E-state index contributed by atoms with van der Waals surface area (Å²) in [5.41, 5.74) is 3.89. The number of hydrogen-bond donors (Lipinski definition) is 1. The first-order valence-electron chi connectivity index (χ1n) is 10.2. The lowest BCUT2D eigenvalue weighted by molar-refractivity contribution is -0.116. The second kappa shape index (κ2) is 11.5. The third-order valence-electron chi connectivity index (χ3n) is 4.70. The highest BCUT2D eigenvalue weighted by atomic mass is 32.2. The van der Waals surface area contributed by atoms with Crippen molar-refractivity contribution in [2.75, 3.05) is 29.1 Å². The molecule has 1 aromatic heterocycles. The van der Waals surface area contributed by atoms with E-state index in [9.17, 15) is 4.79 Å². The molecule has 2 aromatic carbocycles. The van der Waals surface area contributed by atoms with E-state index in [1.54, 1.807) is 4.90 Å². The normalized spacial score (nSPS) is 10.4. The molecule has 166 valence electrons. The molecule has 0 bridgehead atoms. The van der Waals surface area contributed by atoms with Gasteiger partial charge in [0.15, 0.2) is 4.34 Å². The van der Waals surface area contributed by atoms with E-state index in [1.165, 1.54) is 23.1 Å². The summed E-state index contributed by atoms with van der Waals surface area (Å²) in [6.07, 6.45) is 0.273. The Labute approximate surface area is 196 Å². The van der Waals surface area contributed by atoms with Crippen LogP contribution in [-0.4, -0.2) is 35.0 Å². The number of aromatic nitrogens is 2. The highest BCUT2D eigenvalue weighted by molar-refractivity contribution is 8.01. The van der Waals surface area contributed by atoms with Gasteiger partial charge in [-0.3, -0.25) is 4.79 Å². The molecule has 0 atom stereocenters. The number of aryl methyl sites for hydroxylation is 2. The maximum absolute atomic E-state index is 13.0. The average Bonchev–Trinajstić information content (AvgIpc) is 3.24. The number of thioether (sulfide) groups is 1. The summed E-state index contributed by atoms with van der Waals surface area (Å²) in [5.74, 6) is 0.888. The van der Waals surface area contributed by atoms with Crippen molar-refractivity contribution >= 4 is 45.5 Å². The van der Waals surface area contributed by atoms with Gasteiger partial charge in [0, 0.05) is 12.2 Å². The number of hydrogen-bond acceptors (Lipinski definition) is 8. The molecule has 0 unspecified atom stereocenters. The summed E-state index contributed by atoms with van der Waals surface area (Å²) < 4.78 is 6.32.